The average molecular weight is 482 g/mol. The molecular formula is C22H23F5N6O. The zero-order valence-corrected chi connectivity index (χ0v) is 18.2. The lowest BCUT2D eigenvalue weighted by Gasteiger charge is -2.52. The van der Waals surface area contributed by atoms with Crippen molar-refractivity contribution >= 4 is 17.0 Å². The van der Waals surface area contributed by atoms with Gasteiger partial charge in [-0.3, -0.25) is 0 Å². The van der Waals surface area contributed by atoms with Gasteiger partial charge in [0, 0.05) is 19.3 Å². The number of rotatable bonds is 6. The van der Waals surface area contributed by atoms with Gasteiger partial charge in [0.25, 0.3) is 6.43 Å². The maximum Gasteiger partial charge on any atom is 0.437 e. The van der Waals surface area contributed by atoms with Crippen LogP contribution in [0, 0.1) is 11.3 Å². The lowest BCUT2D eigenvalue weighted by atomic mass is 9.58. The molecule has 2 aliphatic rings. The lowest BCUT2D eigenvalue weighted by Crippen LogP contribution is -2.48. The van der Waals surface area contributed by atoms with E-state index in [2.05, 4.69) is 25.0 Å². The number of aromatic nitrogens is 5. The third-order valence-corrected chi connectivity index (χ3v) is 6.75. The summed E-state index contributed by atoms with van der Waals surface area (Å²) in [6.45, 7) is 1.20. The van der Waals surface area contributed by atoms with Crippen LogP contribution in [-0.2, 0) is 12.7 Å². The Morgan fingerprint density at radius 3 is 2.59 bits per heavy atom. The van der Waals surface area contributed by atoms with Crippen LogP contribution >= 0.6 is 0 Å². The molecule has 5 rings (SSSR count). The van der Waals surface area contributed by atoms with Crippen LogP contribution in [0.5, 0.6) is 5.75 Å². The van der Waals surface area contributed by atoms with Gasteiger partial charge in [-0.25, -0.2) is 28.4 Å². The average Bonchev–Trinajstić information content (AvgIpc) is 3.17. The second-order valence-corrected chi connectivity index (χ2v) is 9.08. The van der Waals surface area contributed by atoms with Gasteiger partial charge in [0.1, 0.15) is 23.6 Å². The summed E-state index contributed by atoms with van der Waals surface area (Å²) in [6.07, 6.45) is 0.724. The Morgan fingerprint density at radius 1 is 1.12 bits per heavy atom. The molecule has 0 N–H and O–H groups in total. The van der Waals surface area contributed by atoms with E-state index in [4.69, 9.17) is 4.74 Å². The second kappa shape index (κ2) is 8.62. The van der Waals surface area contributed by atoms with E-state index in [1.807, 2.05) is 0 Å². The molecule has 1 saturated heterocycles. The molecule has 1 saturated carbocycles. The topological polar surface area (TPSA) is 69.0 Å². The molecule has 1 aliphatic carbocycles. The van der Waals surface area contributed by atoms with E-state index in [1.54, 1.807) is 6.20 Å². The van der Waals surface area contributed by atoms with E-state index in [0.29, 0.717) is 17.0 Å². The molecule has 3 aromatic heterocycles. The highest BCUT2D eigenvalue weighted by Gasteiger charge is 2.46. The molecule has 0 bridgehead atoms. The van der Waals surface area contributed by atoms with E-state index in [-0.39, 0.29) is 23.7 Å². The van der Waals surface area contributed by atoms with Crippen LogP contribution in [0.25, 0.3) is 11.2 Å². The molecular weight excluding hydrogens is 459 g/mol. The summed E-state index contributed by atoms with van der Waals surface area (Å²) >= 11 is 0. The summed E-state index contributed by atoms with van der Waals surface area (Å²) < 4.78 is 71.5. The van der Waals surface area contributed by atoms with Crippen LogP contribution < -0.4 is 9.64 Å². The van der Waals surface area contributed by atoms with Crippen molar-refractivity contribution in [3.8, 4) is 5.75 Å². The Hall–Kier alpha value is -3.05. The normalized spacial score (nSPS) is 18.6. The Kier molecular flexibility index (Phi) is 5.76. The highest BCUT2D eigenvalue weighted by atomic mass is 19.4. The minimum atomic E-state index is -4.55. The van der Waals surface area contributed by atoms with Crippen molar-refractivity contribution in [1.82, 2.24) is 24.7 Å². The number of alkyl halides is 5. The molecule has 7 nitrogen and oxygen atoms in total. The van der Waals surface area contributed by atoms with Gasteiger partial charge in [-0.1, -0.05) is 0 Å². The van der Waals surface area contributed by atoms with Gasteiger partial charge >= 0.3 is 6.18 Å². The molecule has 0 amide bonds. The zero-order valence-electron chi connectivity index (χ0n) is 18.2. The predicted octanol–water partition coefficient (Wildman–Crippen LogP) is 4.58. The molecule has 0 aromatic carbocycles. The van der Waals surface area contributed by atoms with Crippen LogP contribution in [-0.4, -0.2) is 50.9 Å². The molecule has 1 spiro atoms. The molecule has 1 aliphatic heterocycles. The Bertz CT molecular complexity index is 1150. The van der Waals surface area contributed by atoms with Gasteiger partial charge in [0.15, 0.2) is 11.3 Å². The number of hydrogen-bond donors (Lipinski definition) is 0. The molecule has 12 heteroatoms. The first-order valence-electron chi connectivity index (χ1n) is 11.1. The number of hydrogen-bond acceptors (Lipinski definition) is 6. The fourth-order valence-corrected chi connectivity index (χ4v) is 5.09. The fraction of sp³-hybridized carbons (Fsp3) is 0.545. The highest BCUT2D eigenvalue weighted by Crippen LogP contribution is 2.53. The SMILES string of the molecule is FC(F)Cn1ncc2ncc(N3CCC4(CC3)CC(COc3cccnc3C(F)(F)F)C4)nc21. The molecule has 182 valence electrons. The predicted molar refractivity (Wildman–Crippen MR) is 113 cm³/mol. The quantitative estimate of drug-likeness (QED) is 0.479. The second-order valence-electron chi connectivity index (χ2n) is 9.08. The molecule has 0 unspecified atom stereocenters. The third-order valence-electron chi connectivity index (χ3n) is 6.75. The van der Waals surface area contributed by atoms with Crippen molar-refractivity contribution in [2.75, 3.05) is 24.6 Å². The largest absolute Gasteiger partial charge is 0.491 e. The van der Waals surface area contributed by atoms with Gasteiger partial charge in [-0.2, -0.15) is 18.3 Å². The summed E-state index contributed by atoms with van der Waals surface area (Å²) in [5.74, 6) is 0.604. The van der Waals surface area contributed by atoms with Crippen molar-refractivity contribution in [2.24, 2.45) is 11.3 Å². The van der Waals surface area contributed by atoms with Crippen molar-refractivity contribution in [2.45, 2.75) is 44.8 Å². The Morgan fingerprint density at radius 2 is 1.88 bits per heavy atom. The Labute approximate surface area is 192 Å². The number of halogens is 5. The van der Waals surface area contributed by atoms with Gasteiger partial charge in [0.05, 0.1) is 19.0 Å². The standard InChI is InChI=1S/C22H23F5N6O/c23-17(24)12-33-20-15(10-30-33)29-11-18(31-20)32-6-3-21(4-7-32)8-14(9-21)13-34-16-2-1-5-28-19(16)22(25,26)27/h1-2,5,10-11,14,17H,3-4,6-9,12-13H2. The number of anilines is 1. The van der Waals surface area contributed by atoms with Gasteiger partial charge < -0.3 is 9.64 Å². The summed E-state index contributed by atoms with van der Waals surface area (Å²) in [7, 11) is 0. The van der Waals surface area contributed by atoms with Crippen LogP contribution in [0.15, 0.2) is 30.7 Å². The summed E-state index contributed by atoms with van der Waals surface area (Å²) in [5.41, 5.74) is -0.0266. The summed E-state index contributed by atoms with van der Waals surface area (Å²) in [6, 6.07) is 2.73. The fourth-order valence-electron chi connectivity index (χ4n) is 5.09. The minimum absolute atomic E-state index is 0.154. The van der Waals surface area contributed by atoms with Gasteiger partial charge in [-0.15, -0.1) is 0 Å². The number of nitrogens with zero attached hydrogens (tertiary/aromatic N) is 6. The summed E-state index contributed by atoms with van der Waals surface area (Å²) in [4.78, 5) is 14.3. The van der Waals surface area contributed by atoms with Crippen LogP contribution in [0.3, 0.4) is 0 Å². The number of fused-ring (bicyclic) bond motifs is 1. The monoisotopic (exact) mass is 482 g/mol. The van der Waals surface area contributed by atoms with Crippen molar-refractivity contribution in [3.05, 3.63) is 36.4 Å². The van der Waals surface area contributed by atoms with Crippen molar-refractivity contribution < 1.29 is 26.7 Å². The first-order chi connectivity index (χ1) is 16.2. The molecule has 3 aromatic rings. The summed E-state index contributed by atoms with van der Waals surface area (Å²) in [5, 5.41) is 3.95. The Balaban J connectivity index is 1.16. The first kappa shape index (κ1) is 22.7. The first-order valence-corrected chi connectivity index (χ1v) is 11.1. The van der Waals surface area contributed by atoms with E-state index in [0.717, 1.165) is 45.0 Å². The van der Waals surface area contributed by atoms with Crippen molar-refractivity contribution in [1.29, 1.82) is 0 Å². The number of pyridine rings is 1. The van der Waals surface area contributed by atoms with Crippen LogP contribution in [0.1, 0.15) is 31.4 Å². The zero-order chi connectivity index (χ0) is 23.9. The maximum atomic E-state index is 13.1. The maximum absolute atomic E-state index is 13.1. The smallest absolute Gasteiger partial charge is 0.437 e. The van der Waals surface area contributed by atoms with Gasteiger partial charge in [-0.05, 0) is 49.1 Å². The third kappa shape index (κ3) is 4.49. The molecule has 2 fully saturated rings. The van der Waals surface area contributed by atoms with E-state index < -0.39 is 24.8 Å². The van der Waals surface area contributed by atoms with Gasteiger partial charge in [0.2, 0.25) is 0 Å². The van der Waals surface area contributed by atoms with E-state index in [9.17, 15) is 22.0 Å². The van der Waals surface area contributed by atoms with E-state index in [1.165, 1.54) is 23.0 Å². The van der Waals surface area contributed by atoms with Crippen molar-refractivity contribution in [3.63, 3.8) is 0 Å². The molecule has 4 heterocycles. The lowest BCUT2D eigenvalue weighted by molar-refractivity contribution is -0.142. The van der Waals surface area contributed by atoms with E-state index >= 15 is 0 Å². The van der Waals surface area contributed by atoms with Crippen LogP contribution in [0.2, 0.25) is 0 Å². The molecule has 0 radical (unpaired) electrons. The van der Waals surface area contributed by atoms with Crippen LogP contribution in [0.4, 0.5) is 27.8 Å². The molecule has 0 atom stereocenters. The highest BCUT2D eigenvalue weighted by molar-refractivity contribution is 5.71. The molecule has 34 heavy (non-hydrogen) atoms. The minimum Gasteiger partial charge on any atom is -0.491 e. The number of piperidine rings is 1. The number of ether oxygens (including phenoxy) is 1.